The first kappa shape index (κ1) is 23.6. The lowest BCUT2D eigenvalue weighted by atomic mass is 10.3. The summed E-state index contributed by atoms with van der Waals surface area (Å²) in [6.45, 7) is 11.5. The van der Waals surface area contributed by atoms with Crippen molar-refractivity contribution in [2.24, 2.45) is 0 Å². The Bertz CT molecular complexity index is 951. The Morgan fingerprint density at radius 1 is 1.21 bits per heavy atom. The number of benzene rings is 1. The van der Waals surface area contributed by atoms with E-state index in [-0.39, 0.29) is 24.4 Å². The van der Waals surface area contributed by atoms with Crippen LogP contribution < -0.4 is 4.90 Å². The molecule has 0 fully saturated rings. The molecule has 6 nitrogen and oxygen atoms in total. The van der Waals surface area contributed by atoms with Crippen molar-refractivity contribution in [1.82, 2.24) is 19.7 Å². The molecule has 29 heavy (non-hydrogen) atoms. The summed E-state index contributed by atoms with van der Waals surface area (Å²) in [5.41, 5.74) is 1.43. The van der Waals surface area contributed by atoms with Crippen LogP contribution in [-0.2, 0) is 0 Å². The molecule has 0 saturated heterocycles. The molecule has 0 aliphatic carbocycles. The number of likely N-dealkylation sites (N-methyl/N-ethyl adjacent to an activating group) is 1. The summed E-state index contributed by atoms with van der Waals surface area (Å²) in [7, 11) is 0. The van der Waals surface area contributed by atoms with Crippen molar-refractivity contribution >= 4 is 56.6 Å². The maximum atomic E-state index is 13.5. The number of fused-ring (bicyclic) bond motifs is 1. The molecule has 9 heteroatoms. The number of aromatic nitrogens is 3. The number of carbonyl (C=O) groups is 1. The summed E-state index contributed by atoms with van der Waals surface area (Å²) < 4.78 is 2.73. The molecular formula is C20H27Cl2N5OS. The van der Waals surface area contributed by atoms with Gasteiger partial charge < -0.3 is 4.90 Å². The highest BCUT2D eigenvalue weighted by Crippen LogP contribution is 2.31. The number of nitrogens with zero attached hydrogens (tertiary/aromatic N) is 5. The fourth-order valence-corrected chi connectivity index (χ4v) is 4.37. The first-order chi connectivity index (χ1) is 13.4. The van der Waals surface area contributed by atoms with Gasteiger partial charge in [0.1, 0.15) is 5.69 Å². The number of amides is 1. The molecule has 0 radical (unpaired) electrons. The van der Waals surface area contributed by atoms with E-state index in [1.807, 2.05) is 32.0 Å². The average molecular weight is 456 g/mol. The van der Waals surface area contributed by atoms with Crippen LogP contribution in [-0.4, -0.2) is 51.8 Å². The maximum absolute atomic E-state index is 13.5. The van der Waals surface area contributed by atoms with Crippen LogP contribution >= 0.6 is 35.3 Å². The third kappa shape index (κ3) is 5.28. The van der Waals surface area contributed by atoms with Gasteiger partial charge in [-0.25, -0.2) is 4.98 Å². The molecule has 2 aromatic heterocycles. The summed E-state index contributed by atoms with van der Waals surface area (Å²) in [5, 5.41) is 5.67. The topological polar surface area (TPSA) is 54.3 Å². The van der Waals surface area contributed by atoms with Crippen LogP contribution in [0.1, 0.15) is 44.2 Å². The first-order valence-electron chi connectivity index (χ1n) is 9.58. The lowest BCUT2D eigenvalue weighted by Gasteiger charge is -2.25. The second kappa shape index (κ2) is 10.4. The van der Waals surface area contributed by atoms with Crippen LogP contribution in [0.15, 0.2) is 30.5 Å². The van der Waals surface area contributed by atoms with Gasteiger partial charge in [-0.2, -0.15) is 5.10 Å². The summed E-state index contributed by atoms with van der Waals surface area (Å²) in [6, 6.07) is 7.49. The minimum absolute atomic E-state index is 0. The van der Waals surface area contributed by atoms with Crippen molar-refractivity contribution in [3.8, 4) is 0 Å². The average Bonchev–Trinajstić information content (AvgIpc) is 3.31. The van der Waals surface area contributed by atoms with E-state index >= 15 is 0 Å². The fraction of sp³-hybridized carbons (Fsp3) is 0.450. The monoisotopic (exact) mass is 455 g/mol. The third-order valence-corrected chi connectivity index (χ3v) is 6.00. The molecule has 1 aromatic carbocycles. The lowest BCUT2D eigenvalue weighted by molar-refractivity contribution is 0.0971. The van der Waals surface area contributed by atoms with Crippen molar-refractivity contribution in [2.45, 2.75) is 33.7 Å². The molecule has 3 aromatic rings. The zero-order valence-electron chi connectivity index (χ0n) is 17.1. The predicted molar refractivity (Wildman–Crippen MR) is 124 cm³/mol. The van der Waals surface area contributed by atoms with Crippen LogP contribution in [0.5, 0.6) is 0 Å². The van der Waals surface area contributed by atoms with Crippen molar-refractivity contribution in [1.29, 1.82) is 0 Å². The van der Waals surface area contributed by atoms with Gasteiger partial charge in [-0.15, -0.1) is 12.4 Å². The Morgan fingerprint density at radius 2 is 1.93 bits per heavy atom. The molecule has 0 saturated carbocycles. The van der Waals surface area contributed by atoms with Crippen LogP contribution in [0.25, 0.3) is 10.2 Å². The molecular weight excluding hydrogens is 429 g/mol. The van der Waals surface area contributed by atoms with Crippen LogP contribution in [0.3, 0.4) is 0 Å². The Balaban J connectivity index is 0.00000300. The molecule has 158 valence electrons. The smallest absolute Gasteiger partial charge is 0.278 e. The largest absolute Gasteiger partial charge is 0.302 e. The lowest BCUT2D eigenvalue weighted by Crippen LogP contribution is -2.39. The van der Waals surface area contributed by atoms with E-state index in [1.54, 1.807) is 21.8 Å². The molecule has 0 spiro atoms. The van der Waals surface area contributed by atoms with Gasteiger partial charge in [0.15, 0.2) is 5.13 Å². The molecule has 2 heterocycles. The highest BCUT2D eigenvalue weighted by atomic mass is 35.5. The van der Waals surface area contributed by atoms with Gasteiger partial charge in [0.05, 0.1) is 10.2 Å². The zero-order chi connectivity index (χ0) is 20.3. The second-order valence-corrected chi connectivity index (χ2v) is 8.29. The first-order valence-corrected chi connectivity index (χ1v) is 10.8. The van der Waals surface area contributed by atoms with Gasteiger partial charge in [0.2, 0.25) is 0 Å². The Kier molecular flexibility index (Phi) is 8.46. The Morgan fingerprint density at radius 3 is 2.59 bits per heavy atom. The molecule has 3 rings (SSSR count). The van der Waals surface area contributed by atoms with Crippen LogP contribution in [0.4, 0.5) is 5.13 Å². The van der Waals surface area contributed by atoms with E-state index in [9.17, 15) is 4.79 Å². The third-order valence-electron chi connectivity index (χ3n) is 4.73. The van der Waals surface area contributed by atoms with Gasteiger partial charge in [-0.05, 0) is 51.2 Å². The van der Waals surface area contributed by atoms with Crippen LogP contribution in [0, 0.1) is 0 Å². The number of rotatable bonds is 8. The summed E-state index contributed by atoms with van der Waals surface area (Å²) >= 11 is 7.61. The quantitative estimate of drug-likeness (QED) is 0.471. The van der Waals surface area contributed by atoms with E-state index in [4.69, 9.17) is 16.6 Å². The zero-order valence-corrected chi connectivity index (χ0v) is 19.5. The maximum Gasteiger partial charge on any atom is 0.278 e. The van der Waals surface area contributed by atoms with Crippen molar-refractivity contribution in [3.05, 3.63) is 41.2 Å². The molecule has 0 aliphatic heterocycles. The predicted octanol–water partition coefficient (Wildman–Crippen LogP) is 5.14. The minimum atomic E-state index is -0.0801. The number of hydrogen-bond acceptors (Lipinski definition) is 5. The SMILES string of the molecule is CCN(CC)CCN(C(=O)c1ccnn1C(C)C)c1nc2ccc(Cl)cc2s1.Cl. The van der Waals surface area contributed by atoms with Crippen LogP contribution in [0.2, 0.25) is 5.02 Å². The minimum Gasteiger partial charge on any atom is -0.302 e. The fourth-order valence-electron chi connectivity index (χ4n) is 3.10. The van der Waals surface area contributed by atoms with E-state index in [0.717, 1.165) is 29.9 Å². The normalized spacial score (nSPS) is 11.3. The number of halogens is 2. The number of thiazole rings is 1. The Labute approximate surface area is 186 Å². The summed E-state index contributed by atoms with van der Waals surface area (Å²) in [5.74, 6) is -0.0801. The van der Waals surface area contributed by atoms with Gasteiger partial charge in [0, 0.05) is 30.4 Å². The van der Waals surface area contributed by atoms with Crippen molar-refractivity contribution in [2.75, 3.05) is 31.1 Å². The molecule has 1 amide bonds. The van der Waals surface area contributed by atoms with E-state index in [2.05, 4.69) is 23.8 Å². The van der Waals surface area contributed by atoms with Gasteiger partial charge in [-0.3, -0.25) is 14.4 Å². The van der Waals surface area contributed by atoms with E-state index < -0.39 is 0 Å². The molecule has 0 atom stereocenters. The molecule has 0 N–H and O–H groups in total. The van der Waals surface area contributed by atoms with E-state index in [0.29, 0.717) is 22.4 Å². The second-order valence-electron chi connectivity index (χ2n) is 6.85. The number of hydrogen-bond donors (Lipinski definition) is 0. The molecule has 0 bridgehead atoms. The number of carbonyl (C=O) groups excluding carboxylic acids is 1. The highest BCUT2D eigenvalue weighted by Gasteiger charge is 2.25. The van der Waals surface area contributed by atoms with Gasteiger partial charge in [-0.1, -0.05) is 36.8 Å². The number of anilines is 1. The summed E-state index contributed by atoms with van der Waals surface area (Å²) in [6.07, 6.45) is 1.67. The van der Waals surface area contributed by atoms with Gasteiger partial charge >= 0.3 is 0 Å². The molecule has 0 unspecified atom stereocenters. The molecule has 0 aliphatic rings. The van der Waals surface area contributed by atoms with E-state index in [1.165, 1.54) is 11.3 Å². The van der Waals surface area contributed by atoms with Crippen molar-refractivity contribution < 1.29 is 4.79 Å². The Hall–Kier alpha value is -1.67. The van der Waals surface area contributed by atoms with Crippen molar-refractivity contribution in [3.63, 3.8) is 0 Å². The summed E-state index contributed by atoms with van der Waals surface area (Å²) in [4.78, 5) is 22.2. The standard InChI is InChI=1S/C20H26ClN5OS.ClH/c1-5-24(6-2)11-12-25(19(27)17-9-10-22-26(17)14(3)4)20-23-16-8-7-15(21)13-18(16)28-20;/h7-10,13-14H,5-6,11-12H2,1-4H3;1H. The highest BCUT2D eigenvalue weighted by molar-refractivity contribution is 7.22. The van der Waals surface area contributed by atoms with Gasteiger partial charge in [0.25, 0.3) is 5.91 Å².